The zero-order valence-corrected chi connectivity index (χ0v) is 17.1. The molecule has 2 aliphatic heterocycles. The molecule has 146 valence electrons. The third kappa shape index (κ3) is 2.70. The minimum Gasteiger partial charge on any atom is -0.385 e. The second kappa shape index (κ2) is 6.43. The van der Waals surface area contributed by atoms with Crippen LogP contribution in [0.2, 0.25) is 0 Å². The lowest BCUT2D eigenvalue weighted by Gasteiger charge is -2.30. The Morgan fingerprint density at radius 1 is 1.29 bits per heavy atom. The molecule has 1 saturated heterocycles. The summed E-state index contributed by atoms with van der Waals surface area (Å²) in [5.74, 6) is 0. The zero-order valence-electron chi connectivity index (χ0n) is 17.1. The van der Waals surface area contributed by atoms with Crippen molar-refractivity contribution in [3.63, 3.8) is 0 Å². The van der Waals surface area contributed by atoms with Gasteiger partial charge in [-0.05, 0) is 56.5 Å². The first kappa shape index (κ1) is 17.9. The van der Waals surface area contributed by atoms with E-state index in [0.717, 1.165) is 12.0 Å². The molecule has 4 heteroatoms. The predicted molar refractivity (Wildman–Crippen MR) is 112 cm³/mol. The van der Waals surface area contributed by atoms with Crippen LogP contribution in [0.5, 0.6) is 0 Å². The van der Waals surface area contributed by atoms with Gasteiger partial charge in [-0.1, -0.05) is 17.7 Å². The van der Waals surface area contributed by atoms with Crippen molar-refractivity contribution >= 4 is 10.9 Å². The molecule has 1 fully saturated rings. The number of hydrogen-bond acceptors (Lipinski definition) is 3. The van der Waals surface area contributed by atoms with Crippen LogP contribution in [0.3, 0.4) is 0 Å². The molecule has 28 heavy (non-hydrogen) atoms. The van der Waals surface area contributed by atoms with Gasteiger partial charge in [0.2, 0.25) is 0 Å². The van der Waals surface area contributed by atoms with Gasteiger partial charge in [-0.15, -0.1) is 0 Å². The SMILES string of the molecule is Cc1cc(CC(C)(O)c2cccnc2)c2c(c1)c1c(n2C)CCN2CCCC12. The number of aromatic nitrogens is 2. The van der Waals surface area contributed by atoms with Crippen LogP contribution in [0.4, 0.5) is 0 Å². The number of pyridine rings is 1. The Labute approximate surface area is 166 Å². The highest BCUT2D eigenvalue weighted by atomic mass is 16.3. The first-order valence-electron chi connectivity index (χ1n) is 10.4. The van der Waals surface area contributed by atoms with Crippen molar-refractivity contribution in [2.45, 2.75) is 51.2 Å². The van der Waals surface area contributed by atoms with E-state index in [9.17, 15) is 5.11 Å². The van der Waals surface area contributed by atoms with Gasteiger partial charge < -0.3 is 9.67 Å². The summed E-state index contributed by atoms with van der Waals surface area (Å²) in [4.78, 5) is 6.87. The molecule has 2 atom stereocenters. The quantitative estimate of drug-likeness (QED) is 0.752. The van der Waals surface area contributed by atoms with Crippen LogP contribution in [0, 0.1) is 6.92 Å². The second-order valence-corrected chi connectivity index (χ2v) is 8.88. The second-order valence-electron chi connectivity index (χ2n) is 8.88. The summed E-state index contributed by atoms with van der Waals surface area (Å²) in [5, 5.41) is 12.7. The minimum atomic E-state index is -0.945. The van der Waals surface area contributed by atoms with Crippen LogP contribution < -0.4 is 0 Å². The fourth-order valence-electron chi connectivity index (χ4n) is 5.56. The van der Waals surface area contributed by atoms with E-state index in [1.54, 1.807) is 18.0 Å². The van der Waals surface area contributed by atoms with E-state index >= 15 is 0 Å². The smallest absolute Gasteiger partial charge is 0.0924 e. The maximum Gasteiger partial charge on any atom is 0.0924 e. The Kier molecular flexibility index (Phi) is 4.11. The molecule has 0 amide bonds. The molecule has 0 bridgehead atoms. The van der Waals surface area contributed by atoms with Gasteiger partial charge in [0.15, 0.2) is 0 Å². The van der Waals surface area contributed by atoms with Crippen LogP contribution in [0.15, 0.2) is 36.7 Å². The normalized spacial score (nSPS) is 21.5. The molecule has 0 aliphatic carbocycles. The number of aryl methyl sites for hydroxylation is 2. The first-order chi connectivity index (χ1) is 13.5. The monoisotopic (exact) mass is 375 g/mol. The van der Waals surface area contributed by atoms with Gasteiger partial charge in [-0.3, -0.25) is 9.88 Å². The maximum atomic E-state index is 11.3. The van der Waals surface area contributed by atoms with Crippen LogP contribution in [-0.4, -0.2) is 32.6 Å². The van der Waals surface area contributed by atoms with Crippen LogP contribution in [-0.2, 0) is 25.5 Å². The average molecular weight is 376 g/mol. The molecule has 5 rings (SSSR count). The van der Waals surface area contributed by atoms with Crippen molar-refractivity contribution in [1.29, 1.82) is 0 Å². The molecule has 2 aromatic heterocycles. The minimum absolute atomic E-state index is 0.570. The lowest BCUT2D eigenvalue weighted by molar-refractivity contribution is 0.0575. The van der Waals surface area contributed by atoms with Crippen molar-refractivity contribution in [3.05, 3.63) is 64.6 Å². The number of benzene rings is 1. The molecule has 4 nitrogen and oxygen atoms in total. The molecule has 0 spiro atoms. The van der Waals surface area contributed by atoms with Gasteiger partial charge in [-0.2, -0.15) is 0 Å². The maximum absolute atomic E-state index is 11.3. The first-order valence-corrected chi connectivity index (χ1v) is 10.4. The standard InChI is InChI=1S/C24H29N3O/c1-16-12-17(14-24(2,28)18-6-4-9-25-15-18)23-19(13-16)22-20(26(23)3)8-11-27-10-5-7-21(22)27/h4,6,9,12-13,15,21,28H,5,7-8,10-11,14H2,1-3H3. The molecular formula is C24H29N3O. The lowest BCUT2D eigenvalue weighted by atomic mass is 9.88. The summed E-state index contributed by atoms with van der Waals surface area (Å²) < 4.78 is 2.41. The molecule has 2 aliphatic rings. The molecule has 1 aromatic carbocycles. The largest absolute Gasteiger partial charge is 0.385 e. The van der Waals surface area contributed by atoms with Crippen molar-refractivity contribution in [1.82, 2.24) is 14.5 Å². The van der Waals surface area contributed by atoms with E-state index in [1.165, 1.54) is 53.7 Å². The molecule has 1 N–H and O–H groups in total. The van der Waals surface area contributed by atoms with Crippen molar-refractivity contribution in [2.24, 2.45) is 7.05 Å². The topological polar surface area (TPSA) is 41.3 Å². The van der Waals surface area contributed by atoms with Gasteiger partial charge in [0.1, 0.15) is 0 Å². The fraction of sp³-hybridized carbons (Fsp3) is 0.458. The highest BCUT2D eigenvalue weighted by molar-refractivity contribution is 5.90. The summed E-state index contributed by atoms with van der Waals surface area (Å²) in [6.07, 6.45) is 7.80. The van der Waals surface area contributed by atoms with E-state index in [0.29, 0.717) is 12.5 Å². The van der Waals surface area contributed by atoms with Crippen molar-refractivity contribution in [3.8, 4) is 0 Å². The average Bonchev–Trinajstić information content (AvgIpc) is 3.25. The van der Waals surface area contributed by atoms with Crippen molar-refractivity contribution in [2.75, 3.05) is 13.1 Å². The number of rotatable bonds is 3. The highest BCUT2D eigenvalue weighted by Gasteiger charge is 2.36. The molecule has 3 aromatic rings. The molecule has 2 unspecified atom stereocenters. The fourth-order valence-corrected chi connectivity index (χ4v) is 5.56. The van der Waals surface area contributed by atoms with Gasteiger partial charge in [0, 0.05) is 61.5 Å². The molecule has 0 saturated carbocycles. The Morgan fingerprint density at radius 3 is 2.93 bits per heavy atom. The predicted octanol–water partition coefficient (Wildman–Crippen LogP) is 4.02. The van der Waals surface area contributed by atoms with Crippen LogP contribution >= 0.6 is 0 Å². The third-order valence-electron chi connectivity index (χ3n) is 6.83. The summed E-state index contributed by atoms with van der Waals surface area (Å²) in [7, 11) is 2.21. The van der Waals surface area contributed by atoms with Crippen LogP contribution in [0.1, 0.15) is 53.8 Å². The van der Waals surface area contributed by atoms with Crippen LogP contribution in [0.25, 0.3) is 10.9 Å². The summed E-state index contributed by atoms with van der Waals surface area (Å²) in [5.41, 5.74) is 6.76. The Bertz CT molecular complexity index is 1040. The number of nitrogens with zero attached hydrogens (tertiary/aromatic N) is 3. The third-order valence-corrected chi connectivity index (χ3v) is 6.83. The summed E-state index contributed by atoms with van der Waals surface area (Å²) in [6.45, 7) is 6.48. The summed E-state index contributed by atoms with van der Waals surface area (Å²) >= 11 is 0. The van der Waals surface area contributed by atoms with E-state index in [4.69, 9.17) is 0 Å². The van der Waals surface area contributed by atoms with Crippen molar-refractivity contribution < 1.29 is 5.11 Å². The molecule has 0 radical (unpaired) electrons. The summed E-state index contributed by atoms with van der Waals surface area (Å²) in [6, 6.07) is 9.04. The molecular weight excluding hydrogens is 346 g/mol. The van der Waals surface area contributed by atoms with Gasteiger partial charge in [0.05, 0.1) is 11.1 Å². The number of hydrogen-bond donors (Lipinski definition) is 1. The van der Waals surface area contributed by atoms with E-state index in [1.807, 2.05) is 19.1 Å². The van der Waals surface area contributed by atoms with E-state index < -0.39 is 5.60 Å². The zero-order chi connectivity index (χ0) is 19.5. The molecule has 4 heterocycles. The van der Waals surface area contributed by atoms with Gasteiger partial charge in [-0.25, -0.2) is 0 Å². The number of fused-ring (bicyclic) bond motifs is 5. The van der Waals surface area contributed by atoms with E-state index in [2.05, 4.69) is 40.6 Å². The Hall–Kier alpha value is -2.17. The van der Waals surface area contributed by atoms with Gasteiger partial charge >= 0.3 is 0 Å². The Morgan fingerprint density at radius 2 is 2.14 bits per heavy atom. The number of aliphatic hydroxyl groups is 1. The lowest BCUT2D eigenvalue weighted by Crippen LogP contribution is -2.31. The highest BCUT2D eigenvalue weighted by Crippen LogP contribution is 2.44. The van der Waals surface area contributed by atoms with E-state index in [-0.39, 0.29) is 0 Å². The van der Waals surface area contributed by atoms with Gasteiger partial charge in [0.25, 0.3) is 0 Å². The Balaban J connectivity index is 1.67.